The fourth-order valence-electron chi connectivity index (χ4n) is 2.89. The minimum absolute atomic E-state index is 0.133. The summed E-state index contributed by atoms with van der Waals surface area (Å²) in [5.74, 6) is 0.909. The molecular weight excluding hydrogens is 428 g/mol. The van der Waals surface area contributed by atoms with E-state index >= 15 is 0 Å². The second kappa shape index (κ2) is 8.09. The van der Waals surface area contributed by atoms with Gasteiger partial charge in [0, 0.05) is 35.7 Å². The number of primary amides is 1. The number of nitrogens with one attached hydrogen (secondary N) is 1. The normalized spacial score (nSPS) is 12.5. The number of thioether (sulfide) groups is 1. The monoisotopic (exact) mass is 446 g/mol. The first kappa shape index (κ1) is 19.8. The summed E-state index contributed by atoms with van der Waals surface area (Å²) in [5.41, 5.74) is 5.99. The van der Waals surface area contributed by atoms with Gasteiger partial charge >= 0.3 is 0 Å². The van der Waals surface area contributed by atoms with Gasteiger partial charge in [-0.15, -0.1) is 32.9 Å². The van der Waals surface area contributed by atoms with E-state index in [0.717, 1.165) is 15.3 Å². The van der Waals surface area contributed by atoms with Crippen molar-refractivity contribution in [3.8, 4) is 10.4 Å². The van der Waals surface area contributed by atoms with Crippen molar-refractivity contribution in [2.24, 2.45) is 12.8 Å². The Kier molecular flexibility index (Phi) is 5.52. The number of nitrogens with zero attached hydrogens (tertiary/aromatic N) is 4. The first-order chi connectivity index (χ1) is 13.9. The van der Waals surface area contributed by atoms with Crippen LogP contribution in [0, 0.1) is 0 Å². The molecule has 0 radical (unpaired) electrons. The van der Waals surface area contributed by atoms with Gasteiger partial charge in [-0.1, -0.05) is 17.8 Å². The van der Waals surface area contributed by atoms with Crippen LogP contribution in [0.5, 0.6) is 0 Å². The number of nitrogens with two attached hydrogens (primary N) is 1. The molecule has 1 atom stereocenters. The van der Waals surface area contributed by atoms with Crippen LogP contribution in [0.3, 0.4) is 0 Å². The highest BCUT2D eigenvalue weighted by molar-refractivity contribution is 7.99. The SMILES string of the molecule is CC(Sc1nnc(CCC(N)=O)n1C)c1nc2scc(-c3cccs3)c2c(=O)[nH]1. The molecule has 0 aliphatic carbocycles. The number of hydrogen-bond donors (Lipinski definition) is 2. The van der Waals surface area contributed by atoms with Gasteiger partial charge in [0.2, 0.25) is 5.91 Å². The molecule has 0 bridgehead atoms. The molecule has 0 aromatic carbocycles. The summed E-state index contributed by atoms with van der Waals surface area (Å²) in [5, 5.41) is 13.5. The molecule has 150 valence electrons. The third-order valence-corrected chi connectivity index (χ3v) is 7.35. The van der Waals surface area contributed by atoms with E-state index in [1.54, 1.807) is 11.3 Å². The Morgan fingerprint density at radius 1 is 1.38 bits per heavy atom. The highest BCUT2D eigenvalue weighted by Crippen LogP contribution is 2.36. The maximum atomic E-state index is 12.8. The minimum atomic E-state index is -0.372. The average molecular weight is 447 g/mol. The second-order valence-electron chi connectivity index (χ2n) is 6.44. The van der Waals surface area contributed by atoms with E-state index in [-0.39, 0.29) is 23.1 Å². The number of hydrogen-bond acceptors (Lipinski definition) is 8. The van der Waals surface area contributed by atoms with Crippen molar-refractivity contribution in [3.63, 3.8) is 0 Å². The summed E-state index contributed by atoms with van der Waals surface area (Å²) in [7, 11) is 1.84. The quantitative estimate of drug-likeness (QED) is 0.421. The highest BCUT2D eigenvalue weighted by atomic mass is 32.2. The van der Waals surface area contributed by atoms with Crippen LogP contribution >= 0.6 is 34.4 Å². The van der Waals surface area contributed by atoms with Crippen LogP contribution in [0.1, 0.15) is 30.2 Å². The van der Waals surface area contributed by atoms with E-state index in [0.29, 0.717) is 28.6 Å². The maximum absolute atomic E-state index is 12.8. The van der Waals surface area contributed by atoms with Gasteiger partial charge in [0.05, 0.1) is 10.6 Å². The van der Waals surface area contributed by atoms with Gasteiger partial charge in [-0.25, -0.2) is 4.98 Å². The van der Waals surface area contributed by atoms with E-state index in [9.17, 15) is 9.59 Å². The molecule has 11 heteroatoms. The number of aromatic nitrogens is 5. The molecule has 4 rings (SSSR count). The topological polar surface area (TPSA) is 120 Å². The van der Waals surface area contributed by atoms with Gasteiger partial charge in [-0.05, 0) is 18.4 Å². The lowest BCUT2D eigenvalue weighted by Gasteiger charge is -2.10. The van der Waals surface area contributed by atoms with Gasteiger partial charge < -0.3 is 15.3 Å². The number of amides is 1. The lowest BCUT2D eigenvalue weighted by molar-refractivity contribution is -0.118. The van der Waals surface area contributed by atoms with E-state index in [2.05, 4.69) is 20.2 Å². The number of thiophene rings is 2. The predicted octanol–water partition coefficient (Wildman–Crippen LogP) is 3.11. The molecule has 4 aromatic heterocycles. The highest BCUT2D eigenvalue weighted by Gasteiger charge is 2.19. The van der Waals surface area contributed by atoms with Crippen LogP contribution in [0.15, 0.2) is 32.8 Å². The zero-order chi connectivity index (χ0) is 20.5. The van der Waals surface area contributed by atoms with Crippen molar-refractivity contribution in [1.82, 2.24) is 24.7 Å². The Bertz CT molecular complexity index is 1220. The number of H-pyrrole nitrogens is 1. The minimum Gasteiger partial charge on any atom is -0.370 e. The van der Waals surface area contributed by atoms with Gasteiger partial charge in [0.1, 0.15) is 16.5 Å². The summed E-state index contributed by atoms with van der Waals surface area (Å²) in [6.45, 7) is 1.96. The molecule has 1 unspecified atom stereocenters. The van der Waals surface area contributed by atoms with Crippen molar-refractivity contribution in [2.45, 2.75) is 30.2 Å². The Labute approximate surface area is 178 Å². The van der Waals surface area contributed by atoms with Crippen molar-refractivity contribution >= 4 is 50.6 Å². The van der Waals surface area contributed by atoms with E-state index < -0.39 is 0 Å². The Morgan fingerprint density at radius 2 is 2.21 bits per heavy atom. The second-order valence-corrected chi connectivity index (χ2v) is 9.56. The van der Waals surface area contributed by atoms with Crippen molar-refractivity contribution < 1.29 is 4.79 Å². The Hall–Kier alpha value is -2.50. The van der Waals surface area contributed by atoms with Gasteiger partial charge in [-0.3, -0.25) is 9.59 Å². The number of aryl methyl sites for hydroxylation is 1. The first-order valence-electron chi connectivity index (χ1n) is 8.82. The fourth-order valence-corrected chi connectivity index (χ4v) is 5.55. The number of carbonyl (C=O) groups excluding carboxylic acids is 1. The maximum Gasteiger partial charge on any atom is 0.260 e. The lowest BCUT2D eigenvalue weighted by atomic mass is 10.2. The average Bonchev–Trinajstić information content (AvgIpc) is 3.41. The summed E-state index contributed by atoms with van der Waals surface area (Å²) < 4.78 is 1.83. The van der Waals surface area contributed by atoms with Crippen LogP contribution in [-0.4, -0.2) is 30.6 Å². The number of carbonyl (C=O) groups is 1. The predicted molar refractivity (Wildman–Crippen MR) is 116 cm³/mol. The van der Waals surface area contributed by atoms with Gasteiger partial charge in [0.25, 0.3) is 5.56 Å². The summed E-state index contributed by atoms with van der Waals surface area (Å²) in [6.07, 6.45) is 0.665. The summed E-state index contributed by atoms with van der Waals surface area (Å²) in [4.78, 5) is 33.2. The van der Waals surface area contributed by atoms with Crippen molar-refractivity contribution in [2.75, 3.05) is 0 Å². The van der Waals surface area contributed by atoms with Crippen molar-refractivity contribution in [3.05, 3.63) is 44.9 Å². The van der Waals surface area contributed by atoms with Crippen LogP contribution in [0.2, 0.25) is 0 Å². The molecule has 0 saturated carbocycles. The smallest absolute Gasteiger partial charge is 0.260 e. The summed E-state index contributed by atoms with van der Waals surface area (Å²) in [6, 6.07) is 3.97. The number of fused-ring (bicyclic) bond motifs is 1. The van der Waals surface area contributed by atoms with Crippen LogP contribution < -0.4 is 11.3 Å². The zero-order valence-corrected chi connectivity index (χ0v) is 18.2. The Morgan fingerprint density at radius 3 is 2.93 bits per heavy atom. The first-order valence-corrected chi connectivity index (χ1v) is 11.5. The molecule has 0 aliphatic heterocycles. The summed E-state index contributed by atoms with van der Waals surface area (Å²) >= 11 is 4.52. The standard InChI is InChI=1S/C18H18N6O2S3/c1-9(29-18-23-22-13(24(18)2)6-5-12(19)25)15-20-16(26)14-10(8-28-17(14)21-15)11-4-3-7-27-11/h3-4,7-9H,5-6H2,1-2H3,(H2,19,25)(H,20,21,26). The molecule has 4 heterocycles. The van der Waals surface area contributed by atoms with Crippen LogP contribution in [0.25, 0.3) is 20.7 Å². The number of rotatable bonds is 7. The van der Waals surface area contributed by atoms with E-state index in [1.165, 1.54) is 23.1 Å². The molecule has 3 N–H and O–H groups in total. The molecule has 29 heavy (non-hydrogen) atoms. The van der Waals surface area contributed by atoms with Crippen LogP contribution in [-0.2, 0) is 18.3 Å². The zero-order valence-electron chi connectivity index (χ0n) is 15.7. The molecule has 0 aliphatic rings. The third kappa shape index (κ3) is 3.98. The van der Waals surface area contributed by atoms with E-state index in [1.807, 2.05) is 41.4 Å². The van der Waals surface area contributed by atoms with Gasteiger partial charge in [-0.2, -0.15) is 0 Å². The van der Waals surface area contributed by atoms with Gasteiger partial charge in [0.15, 0.2) is 5.16 Å². The molecule has 4 aromatic rings. The molecule has 0 saturated heterocycles. The molecule has 1 amide bonds. The molecule has 0 spiro atoms. The largest absolute Gasteiger partial charge is 0.370 e. The third-order valence-electron chi connectivity index (χ3n) is 4.44. The lowest BCUT2D eigenvalue weighted by Crippen LogP contribution is -2.13. The van der Waals surface area contributed by atoms with Crippen LogP contribution in [0.4, 0.5) is 0 Å². The van der Waals surface area contributed by atoms with Crippen molar-refractivity contribution in [1.29, 1.82) is 0 Å². The molecule has 0 fully saturated rings. The van der Waals surface area contributed by atoms with E-state index in [4.69, 9.17) is 5.73 Å². The fraction of sp³-hybridized carbons (Fsp3) is 0.278. The molecule has 8 nitrogen and oxygen atoms in total. The number of aromatic amines is 1. The Balaban J connectivity index is 1.59. The molecular formula is C18H18N6O2S3.